The number of hydrogen-bond acceptors (Lipinski definition) is 3. The lowest BCUT2D eigenvalue weighted by molar-refractivity contribution is 0.0939. The standard InChI is InChI=1S/C14H18N4O/c1-9-4-5-11(12(8-9)15-3)14(19)18-10(2)13-16-6-7-17-13/h4-8,10,15H,1-3H3,(H,16,17)(H,18,19). The fourth-order valence-electron chi connectivity index (χ4n) is 1.92. The summed E-state index contributed by atoms with van der Waals surface area (Å²) in [6.07, 6.45) is 3.41. The van der Waals surface area contributed by atoms with Crippen LogP contribution in [0.15, 0.2) is 30.6 Å². The Morgan fingerprint density at radius 1 is 1.42 bits per heavy atom. The molecule has 0 spiro atoms. The first-order valence-electron chi connectivity index (χ1n) is 6.20. The van der Waals surface area contributed by atoms with E-state index in [2.05, 4.69) is 20.6 Å². The Labute approximate surface area is 112 Å². The Morgan fingerprint density at radius 2 is 2.21 bits per heavy atom. The van der Waals surface area contributed by atoms with E-state index >= 15 is 0 Å². The number of aromatic nitrogens is 2. The van der Waals surface area contributed by atoms with E-state index in [-0.39, 0.29) is 11.9 Å². The normalized spacial score (nSPS) is 11.9. The predicted octanol–water partition coefficient (Wildman–Crippen LogP) is 2.25. The van der Waals surface area contributed by atoms with Crippen molar-refractivity contribution >= 4 is 11.6 Å². The highest BCUT2D eigenvalue weighted by Gasteiger charge is 2.15. The van der Waals surface area contributed by atoms with E-state index in [0.29, 0.717) is 5.56 Å². The van der Waals surface area contributed by atoms with Crippen LogP contribution in [-0.4, -0.2) is 22.9 Å². The number of benzene rings is 1. The summed E-state index contributed by atoms with van der Waals surface area (Å²) >= 11 is 0. The Morgan fingerprint density at radius 3 is 2.84 bits per heavy atom. The van der Waals surface area contributed by atoms with Crippen molar-refractivity contribution in [1.29, 1.82) is 0 Å². The summed E-state index contributed by atoms with van der Waals surface area (Å²) in [5.74, 6) is 0.625. The minimum atomic E-state index is -0.159. The number of amides is 1. The van der Waals surface area contributed by atoms with Crippen molar-refractivity contribution in [2.45, 2.75) is 19.9 Å². The van der Waals surface area contributed by atoms with Gasteiger partial charge in [-0.05, 0) is 31.5 Å². The molecule has 0 radical (unpaired) electrons. The first kappa shape index (κ1) is 13.1. The maximum Gasteiger partial charge on any atom is 0.253 e. The van der Waals surface area contributed by atoms with E-state index in [1.165, 1.54) is 0 Å². The van der Waals surface area contributed by atoms with Crippen molar-refractivity contribution < 1.29 is 4.79 Å². The number of nitrogens with zero attached hydrogens (tertiary/aromatic N) is 1. The van der Waals surface area contributed by atoms with Crippen molar-refractivity contribution in [3.63, 3.8) is 0 Å². The van der Waals surface area contributed by atoms with Gasteiger partial charge in [0.05, 0.1) is 11.6 Å². The molecular formula is C14H18N4O. The summed E-state index contributed by atoms with van der Waals surface area (Å²) < 4.78 is 0. The minimum absolute atomic E-state index is 0.117. The predicted molar refractivity (Wildman–Crippen MR) is 75.2 cm³/mol. The van der Waals surface area contributed by atoms with Crippen LogP contribution in [-0.2, 0) is 0 Å². The van der Waals surface area contributed by atoms with Crippen LogP contribution in [0.4, 0.5) is 5.69 Å². The number of aryl methyl sites for hydroxylation is 1. The van der Waals surface area contributed by atoms with Crippen molar-refractivity contribution in [3.8, 4) is 0 Å². The quantitative estimate of drug-likeness (QED) is 0.787. The molecule has 0 aliphatic heterocycles. The van der Waals surface area contributed by atoms with E-state index in [0.717, 1.165) is 17.1 Å². The molecule has 0 saturated carbocycles. The molecule has 1 aromatic carbocycles. The van der Waals surface area contributed by atoms with Gasteiger partial charge in [-0.1, -0.05) is 6.07 Å². The van der Waals surface area contributed by atoms with Crippen LogP contribution in [0.5, 0.6) is 0 Å². The molecule has 1 amide bonds. The molecule has 0 bridgehead atoms. The molecule has 2 aromatic rings. The van der Waals surface area contributed by atoms with Crippen LogP contribution < -0.4 is 10.6 Å². The Kier molecular flexibility index (Phi) is 3.85. The van der Waals surface area contributed by atoms with Crippen LogP contribution in [0.25, 0.3) is 0 Å². The second-order valence-electron chi connectivity index (χ2n) is 4.47. The number of rotatable bonds is 4. The van der Waals surface area contributed by atoms with E-state index in [9.17, 15) is 4.79 Å². The summed E-state index contributed by atoms with van der Waals surface area (Å²) in [5.41, 5.74) is 2.57. The van der Waals surface area contributed by atoms with Gasteiger partial charge in [0.15, 0.2) is 0 Å². The fourth-order valence-corrected chi connectivity index (χ4v) is 1.92. The molecule has 3 N–H and O–H groups in total. The highest BCUT2D eigenvalue weighted by Crippen LogP contribution is 2.18. The van der Waals surface area contributed by atoms with Crippen molar-refractivity contribution in [1.82, 2.24) is 15.3 Å². The van der Waals surface area contributed by atoms with Gasteiger partial charge in [0.2, 0.25) is 0 Å². The molecule has 100 valence electrons. The van der Waals surface area contributed by atoms with Gasteiger partial charge in [0.1, 0.15) is 5.82 Å². The monoisotopic (exact) mass is 258 g/mol. The molecule has 1 heterocycles. The third kappa shape index (κ3) is 2.93. The van der Waals surface area contributed by atoms with Gasteiger partial charge in [-0.25, -0.2) is 4.98 Å². The minimum Gasteiger partial charge on any atom is -0.387 e. The van der Waals surface area contributed by atoms with Crippen LogP contribution in [0, 0.1) is 6.92 Å². The van der Waals surface area contributed by atoms with Crippen molar-refractivity contribution in [2.75, 3.05) is 12.4 Å². The number of anilines is 1. The average Bonchev–Trinajstić information content (AvgIpc) is 2.92. The van der Waals surface area contributed by atoms with Crippen LogP contribution >= 0.6 is 0 Å². The second kappa shape index (κ2) is 5.56. The summed E-state index contributed by atoms with van der Waals surface area (Å²) in [5, 5.41) is 5.96. The Bertz CT molecular complexity index is 563. The molecule has 5 heteroatoms. The van der Waals surface area contributed by atoms with Gasteiger partial charge >= 0.3 is 0 Å². The van der Waals surface area contributed by atoms with Gasteiger partial charge in [0.25, 0.3) is 5.91 Å². The first-order valence-corrected chi connectivity index (χ1v) is 6.20. The number of aromatic amines is 1. The molecule has 1 unspecified atom stereocenters. The molecular weight excluding hydrogens is 240 g/mol. The van der Waals surface area contributed by atoms with E-state index in [4.69, 9.17) is 0 Å². The smallest absolute Gasteiger partial charge is 0.253 e. The summed E-state index contributed by atoms with van der Waals surface area (Å²) in [6, 6.07) is 5.54. The average molecular weight is 258 g/mol. The van der Waals surface area contributed by atoms with E-state index in [1.807, 2.05) is 39.1 Å². The van der Waals surface area contributed by atoms with Crippen molar-refractivity contribution in [3.05, 3.63) is 47.5 Å². The Balaban J connectivity index is 2.16. The zero-order valence-corrected chi connectivity index (χ0v) is 11.3. The topological polar surface area (TPSA) is 69.8 Å². The molecule has 5 nitrogen and oxygen atoms in total. The van der Waals surface area contributed by atoms with Crippen LogP contribution in [0.2, 0.25) is 0 Å². The number of nitrogens with one attached hydrogen (secondary N) is 3. The summed E-state index contributed by atoms with van der Waals surface area (Å²) in [7, 11) is 1.81. The van der Waals surface area contributed by atoms with Gasteiger partial charge in [-0.15, -0.1) is 0 Å². The number of H-pyrrole nitrogens is 1. The second-order valence-corrected chi connectivity index (χ2v) is 4.47. The number of hydrogen-bond donors (Lipinski definition) is 3. The molecule has 0 aliphatic carbocycles. The zero-order valence-electron chi connectivity index (χ0n) is 11.3. The largest absolute Gasteiger partial charge is 0.387 e. The molecule has 0 saturated heterocycles. The summed E-state index contributed by atoms with van der Waals surface area (Å²) in [4.78, 5) is 19.4. The fraction of sp³-hybridized carbons (Fsp3) is 0.286. The molecule has 0 aliphatic rings. The number of carbonyl (C=O) groups excluding carboxylic acids is 1. The molecule has 19 heavy (non-hydrogen) atoms. The van der Waals surface area contributed by atoms with Gasteiger partial charge in [0, 0.05) is 25.1 Å². The maximum absolute atomic E-state index is 12.2. The highest BCUT2D eigenvalue weighted by molar-refractivity contribution is 5.99. The third-order valence-corrected chi connectivity index (χ3v) is 2.97. The maximum atomic E-state index is 12.2. The third-order valence-electron chi connectivity index (χ3n) is 2.97. The van der Waals surface area contributed by atoms with E-state index in [1.54, 1.807) is 12.4 Å². The SMILES string of the molecule is CNc1cc(C)ccc1C(=O)NC(C)c1ncc[nH]1. The molecule has 1 atom stereocenters. The Hall–Kier alpha value is -2.30. The highest BCUT2D eigenvalue weighted by atomic mass is 16.1. The van der Waals surface area contributed by atoms with Crippen LogP contribution in [0.1, 0.15) is 34.7 Å². The number of imidazole rings is 1. The lowest BCUT2D eigenvalue weighted by atomic mass is 10.1. The lowest BCUT2D eigenvalue weighted by Gasteiger charge is -2.14. The lowest BCUT2D eigenvalue weighted by Crippen LogP contribution is -2.28. The van der Waals surface area contributed by atoms with Gasteiger partial charge < -0.3 is 15.6 Å². The summed E-state index contributed by atoms with van der Waals surface area (Å²) in [6.45, 7) is 3.89. The van der Waals surface area contributed by atoms with Crippen molar-refractivity contribution in [2.24, 2.45) is 0 Å². The first-order chi connectivity index (χ1) is 9.11. The van der Waals surface area contributed by atoms with Crippen LogP contribution in [0.3, 0.4) is 0 Å². The zero-order chi connectivity index (χ0) is 13.8. The van der Waals surface area contributed by atoms with Gasteiger partial charge in [-0.2, -0.15) is 0 Å². The molecule has 1 aromatic heterocycles. The molecule has 2 rings (SSSR count). The van der Waals surface area contributed by atoms with E-state index < -0.39 is 0 Å². The number of carbonyl (C=O) groups is 1. The van der Waals surface area contributed by atoms with Gasteiger partial charge in [-0.3, -0.25) is 4.79 Å². The molecule has 0 fully saturated rings.